The fourth-order valence-electron chi connectivity index (χ4n) is 1.25. The third-order valence-electron chi connectivity index (χ3n) is 1.94. The molecule has 0 aromatic carbocycles. The highest BCUT2D eigenvalue weighted by Crippen LogP contribution is 2.17. The molecule has 0 saturated carbocycles. The maximum atomic E-state index is 11.4. The quantitative estimate of drug-likeness (QED) is 0.604. The lowest BCUT2D eigenvalue weighted by Gasteiger charge is -2.05. The lowest BCUT2D eigenvalue weighted by Crippen LogP contribution is -2.17. The van der Waals surface area contributed by atoms with Crippen LogP contribution in [0.2, 0.25) is 0 Å². The first-order chi connectivity index (χ1) is 7.65. The van der Waals surface area contributed by atoms with Crippen molar-refractivity contribution in [2.24, 2.45) is 0 Å². The summed E-state index contributed by atoms with van der Waals surface area (Å²) in [5.74, 6) is 2.09. The minimum absolute atomic E-state index is 0.0964. The number of aromatic nitrogens is 3. The standard InChI is InChI=1S/C10H19N3OS2/c1-4-5-13-9(14)11-12-10(13)16-7-6-15-8(2)3/h8H,4-7H2,1-3H3,(H,11,14). The summed E-state index contributed by atoms with van der Waals surface area (Å²) in [7, 11) is 0. The molecule has 0 unspecified atom stereocenters. The van der Waals surface area contributed by atoms with E-state index in [1.165, 1.54) is 0 Å². The molecule has 0 saturated heterocycles. The Bertz CT molecular complexity index is 359. The molecule has 0 radical (unpaired) electrons. The van der Waals surface area contributed by atoms with Crippen molar-refractivity contribution in [2.45, 2.75) is 44.1 Å². The average Bonchev–Trinajstić information content (AvgIpc) is 2.56. The topological polar surface area (TPSA) is 50.7 Å². The number of rotatable bonds is 7. The van der Waals surface area contributed by atoms with Gasteiger partial charge in [0, 0.05) is 18.1 Å². The number of H-pyrrole nitrogens is 1. The molecular weight excluding hydrogens is 242 g/mol. The molecule has 0 spiro atoms. The predicted molar refractivity (Wildman–Crippen MR) is 71.5 cm³/mol. The Kier molecular flexibility index (Phi) is 6.05. The van der Waals surface area contributed by atoms with Crippen LogP contribution >= 0.6 is 23.5 Å². The highest BCUT2D eigenvalue weighted by Gasteiger charge is 2.07. The van der Waals surface area contributed by atoms with Gasteiger partial charge < -0.3 is 0 Å². The second-order valence-corrected chi connectivity index (χ2v) is 6.48. The molecule has 1 aromatic rings. The van der Waals surface area contributed by atoms with Crippen LogP contribution < -0.4 is 5.69 Å². The number of nitrogens with zero attached hydrogens (tertiary/aromatic N) is 2. The lowest BCUT2D eigenvalue weighted by atomic mass is 10.5. The molecule has 1 aromatic heterocycles. The SMILES string of the molecule is CCCn1c(SCCSC(C)C)n[nH]c1=O. The number of aromatic amines is 1. The smallest absolute Gasteiger partial charge is 0.270 e. The molecular formula is C10H19N3OS2. The van der Waals surface area contributed by atoms with Crippen LogP contribution in [0.4, 0.5) is 0 Å². The van der Waals surface area contributed by atoms with E-state index >= 15 is 0 Å². The zero-order valence-corrected chi connectivity index (χ0v) is 11.7. The largest absolute Gasteiger partial charge is 0.343 e. The van der Waals surface area contributed by atoms with Gasteiger partial charge in [-0.1, -0.05) is 32.5 Å². The lowest BCUT2D eigenvalue weighted by molar-refractivity contribution is 0.604. The van der Waals surface area contributed by atoms with Crippen molar-refractivity contribution in [3.8, 4) is 0 Å². The molecule has 1 heterocycles. The van der Waals surface area contributed by atoms with E-state index in [1.54, 1.807) is 16.3 Å². The van der Waals surface area contributed by atoms with Gasteiger partial charge in [-0.25, -0.2) is 9.89 Å². The molecule has 0 amide bonds. The van der Waals surface area contributed by atoms with Crippen molar-refractivity contribution in [2.75, 3.05) is 11.5 Å². The third kappa shape index (κ3) is 4.25. The van der Waals surface area contributed by atoms with Gasteiger partial charge in [0.05, 0.1) is 0 Å². The Balaban J connectivity index is 2.44. The molecule has 1 N–H and O–H groups in total. The van der Waals surface area contributed by atoms with Crippen LogP contribution in [0.1, 0.15) is 27.2 Å². The Morgan fingerprint density at radius 3 is 2.81 bits per heavy atom. The van der Waals surface area contributed by atoms with Crippen LogP contribution in [0.25, 0.3) is 0 Å². The molecule has 6 heteroatoms. The van der Waals surface area contributed by atoms with Crippen molar-refractivity contribution in [1.82, 2.24) is 14.8 Å². The summed E-state index contributed by atoms with van der Waals surface area (Å²) in [6.07, 6.45) is 0.952. The van der Waals surface area contributed by atoms with Crippen LogP contribution in [-0.2, 0) is 6.54 Å². The van der Waals surface area contributed by atoms with Crippen molar-refractivity contribution < 1.29 is 0 Å². The van der Waals surface area contributed by atoms with Crippen molar-refractivity contribution in [3.05, 3.63) is 10.5 Å². The van der Waals surface area contributed by atoms with Gasteiger partial charge in [0.2, 0.25) is 0 Å². The summed E-state index contributed by atoms with van der Waals surface area (Å²) < 4.78 is 1.71. The van der Waals surface area contributed by atoms with E-state index in [1.807, 2.05) is 11.8 Å². The van der Waals surface area contributed by atoms with Crippen molar-refractivity contribution in [1.29, 1.82) is 0 Å². The molecule has 0 fully saturated rings. The first-order valence-electron chi connectivity index (χ1n) is 5.54. The Labute approximate surface area is 105 Å². The number of hydrogen-bond donors (Lipinski definition) is 1. The Hall–Kier alpha value is -0.360. The van der Waals surface area contributed by atoms with Crippen LogP contribution in [0.3, 0.4) is 0 Å². The van der Waals surface area contributed by atoms with Gasteiger partial charge >= 0.3 is 5.69 Å². The molecule has 0 aliphatic rings. The zero-order chi connectivity index (χ0) is 12.0. The van der Waals surface area contributed by atoms with Crippen LogP contribution in [0.15, 0.2) is 9.95 Å². The average molecular weight is 261 g/mol. The molecule has 4 nitrogen and oxygen atoms in total. The molecule has 1 rings (SSSR count). The van der Waals surface area contributed by atoms with Crippen molar-refractivity contribution in [3.63, 3.8) is 0 Å². The fourth-order valence-corrected chi connectivity index (χ4v) is 3.06. The van der Waals surface area contributed by atoms with E-state index in [0.29, 0.717) is 5.25 Å². The van der Waals surface area contributed by atoms with E-state index in [0.717, 1.165) is 29.6 Å². The van der Waals surface area contributed by atoms with Gasteiger partial charge in [0.15, 0.2) is 5.16 Å². The van der Waals surface area contributed by atoms with Crippen LogP contribution in [0, 0.1) is 0 Å². The van der Waals surface area contributed by atoms with Gasteiger partial charge in [-0.15, -0.1) is 5.10 Å². The van der Waals surface area contributed by atoms with Gasteiger partial charge in [0.25, 0.3) is 0 Å². The highest BCUT2D eigenvalue weighted by molar-refractivity contribution is 8.03. The van der Waals surface area contributed by atoms with Gasteiger partial charge in [-0.3, -0.25) is 4.57 Å². The maximum Gasteiger partial charge on any atom is 0.343 e. The zero-order valence-electron chi connectivity index (χ0n) is 10.0. The summed E-state index contributed by atoms with van der Waals surface area (Å²) in [4.78, 5) is 11.4. The first kappa shape index (κ1) is 13.7. The van der Waals surface area contributed by atoms with E-state index in [9.17, 15) is 4.79 Å². The monoisotopic (exact) mass is 261 g/mol. The summed E-state index contributed by atoms with van der Waals surface area (Å²) in [6.45, 7) is 7.19. The summed E-state index contributed by atoms with van der Waals surface area (Å²) in [5.41, 5.74) is -0.0964. The van der Waals surface area contributed by atoms with E-state index in [2.05, 4.69) is 31.0 Å². The normalized spacial score (nSPS) is 11.2. The van der Waals surface area contributed by atoms with Crippen LogP contribution in [0.5, 0.6) is 0 Å². The maximum absolute atomic E-state index is 11.4. The second kappa shape index (κ2) is 7.06. The first-order valence-corrected chi connectivity index (χ1v) is 7.58. The van der Waals surface area contributed by atoms with E-state index in [4.69, 9.17) is 0 Å². The highest BCUT2D eigenvalue weighted by atomic mass is 32.2. The molecule has 0 aliphatic carbocycles. The summed E-state index contributed by atoms with van der Waals surface area (Å²) in [6, 6.07) is 0. The number of nitrogens with one attached hydrogen (secondary N) is 1. The van der Waals surface area contributed by atoms with Gasteiger partial charge in [-0.05, 0) is 11.7 Å². The number of thioether (sulfide) groups is 2. The minimum Gasteiger partial charge on any atom is -0.270 e. The van der Waals surface area contributed by atoms with Crippen molar-refractivity contribution >= 4 is 23.5 Å². The predicted octanol–water partition coefficient (Wildman–Crippen LogP) is 2.22. The number of hydrogen-bond acceptors (Lipinski definition) is 4. The minimum atomic E-state index is -0.0964. The molecule has 16 heavy (non-hydrogen) atoms. The Morgan fingerprint density at radius 1 is 1.44 bits per heavy atom. The summed E-state index contributed by atoms with van der Waals surface area (Å²) >= 11 is 3.58. The fraction of sp³-hybridized carbons (Fsp3) is 0.800. The third-order valence-corrected chi connectivity index (χ3v) is 4.28. The van der Waals surface area contributed by atoms with Gasteiger partial charge in [0.1, 0.15) is 0 Å². The Morgan fingerprint density at radius 2 is 2.19 bits per heavy atom. The summed E-state index contributed by atoms with van der Waals surface area (Å²) in [5, 5.41) is 8.01. The molecule has 92 valence electrons. The van der Waals surface area contributed by atoms with Gasteiger partial charge in [-0.2, -0.15) is 11.8 Å². The molecule has 0 atom stereocenters. The van der Waals surface area contributed by atoms with E-state index in [-0.39, 0.29) is 5.69 Å². The van der Waals surface area contributed by atoms with E-state index < -0.39 is 0 Å². The molecule has 0 aliphatic heterocycles. The second-order valence-electron chi connectivity index (χ2n) is 3.73. The molecule has 0 bridgehead atoms. The van der Waals surface area contributed by atoms with Crippen LogP contribution in [-0.4, -0.2) is 31.5 Å².